The van der Waals surface area contributed by atoms with E-state index in [4.69, 9.17) is 4.74 Å². The Balaban J connectivity index is 1.72. The average molecular weight is 335 g/mol. The number of carbonyl (C=O) groups excluding carboxylic acids is 2. The highest BCUT2D eigenvalue weighted by Crippen LogP contribution is 2.26. The van der Waals surface area contributed by atoms with Crippen molar-refractivity contribution in [3.63, 3.8) is 0 Å². The maximum absolute atomic E-state index is 12.1. The number of nitrogens with zero attached hydrogens (tertiary/aromatic N) is 2. The summed E-state index contributed by atoms with van der Waals surface area (Å²) in [7, 11) is 3.19. The first-order valence-corrected chi connectivity index (χ1v) is 8.14. The first-order chi connectivity index (χ1) is 11.5. The third-order valence-corrected chi connectivity index (χ3v) is 4.06. The molecule has 1 saturated heterocycles. The Kier molecular flexibility index (Phi) is 6.28. The third kappa shape index (κ3) is 4.78. The first kappa shape index (κ1) is 17.9. The second-order valence-corrected chi connectivity index (χ2v) is 5.93. The molecule has 0 unspecified atom stereocenters. The van der Waals surface area contributed by atoms with Crippen LogP contribution in [-0.4, -0.2) is 60.6 Å². The van der Waals surface area contributed by atoms with Crippen LogP contribution >= 0.6 is 0 Å². The van der Waals surface area contributed by atoms with E-state index in [-0.39, 0.29) is 17.7 Å². The number of phenols is 1. The maximum Gasteiger partial charge on any atom is 0.317 e. The van der Waals surface area contributed by atoms with Crippen LogP contribution in [0.2, 0.25) is 0 Å². The topological polar surface area (TPSA) is 82.1 Å². The molecule has 0 bridgehead atoms. The smallest absolute Gasteiger partial charge is 0.317 e. The van der Waals surface area contributed by atoms with Gasteiger partial charge < -0.3 is 25.0 Å². The van der Waals surface area contributed by atoms with Gasteiger partial charge in [0.05, 0.1) is 7.11 Å². The number of phenolic OH excluding ortho intramolecular Hbond substituents is 1. The van der Waals surface area contributed by atoms with Crippen LogP contribution in [0, 0.1) is 0 Å². The minimum atomic E-state index is -0.171. The second-order valence-electron chi connectivity index (χ2n) is 5.93. The standard InChI is InChI=1S/C17H25N3O4/c1-19(12-13-6-7-14(21)15(11-13)24-2)17(23)18-8-4-10-20-9-3-5-16(20)22/h6-7,11,21H,3-5,8-10,12H2,1-2H3,(H,18,23). The maximum atomic E-state index is 12.1. The van der Waals surface area contributed by atoms with Gasteiger partial charge in [-0.25, -0.2) is 4.79 Å². The van der Waals surface area contributed by atoms with Gasteiger partial charge in [-0.1, -0.05) is 6.07 Å². The predicted octanol–water partition coefficient (Wildman–Crippen LogP) is 1.55. The number of amides is 3. The van der Waals surface area contributed by atoms with Gasteiger partial charge in [0.25, 0.3) is 0 Å². The molecule has 0 radical (unpaired) electrons. The molecular weight excluding hydrogens is 310 g/mol. The quantitative estimate of drug-likeness (QED) is 0.741. The normalized spacial score (nSPS) is 13.9. The fraction of sp³-hybridized carbons (Fsp3) is 0.529. The molecule has 0 aliphatic carbocycles. The minimum absolute atomic E-state index is 0.0739. The number of hydrogen-bond acceptors (Lipinski definition) is 4. The Bertz CT molecular complexity index is 591. The summed E-state index contributed by atoms with van der Waals surface area (Å²) in [5, 5.41) is 12.4. The molecule has 0 aromatic heterocycles. The molecule has 1 aromatic rings. The highest BCUT2D eigenvalue weighted by molar-refractivity contribution is 5.78. The van der Waals surface area contributed by atoms with Crippen molar-refractivity contribution in [1.82, 2.24) is 15.1 Å². The Labute approximate surface area is 142 Å². The molecule has 2 rings (SSSR count). The largest absolute Gasteiger partial charge is 0.504 e. The number of aromatic hydroxyl groups is 1. The molecule has 7 nitrogen and oxygen atoms in total. The van der Waals surface area contributed by atoms with Gasteiger partial charge in [-0.05, 0) is 30.5 Å². The van der Waals surface area contributed by atoms with E-state index in [1.165, 1.54) is 7.11 Å². The van der Waals surface area contributed by atoms with E-state index in [0.29, 0.717) is 31.8 Å². The second kappa shape index (κ2) is 8.42. The fourth-order valence-electron chi connectivity index (χ4n) is 2.71. The summed E-state index contributed by atoms with van der Waals surface area (Å²) in [5.74, 6) is 0.668. The van der Waals surface area contributed by atoms with E-state index in [1.807, 2.05) is 4.90 Å². The van der Waals surface area contributed by atoms with Crippen LogP contribution in [0.1, 0.15) is 24.8 Å². The minimum Gasteiger partial charge on any atom is -0.504 e. The average Bonchev–Trinajstić information content (AvgIpc) is 2.98. The van der Waals surface area contributed by atoms with Gasteiger partial charge in [-0.15, -0.1) is 0 Å². The van der Waals surface area contributed by atoms with Crippen molar-refractivity contribution >= 4 is 11.9 Å². The molecule has 24 heavy (non-hydrogen) atoms. The van der Waals surface area contributed by atoms with Gasteiger partial charge in [-0.3, -0.25) is 4.79 Å². The third-order valence-electron chi connectivity index (χ3n) is 4.06. The van der Waals surface area contributed by atoms with Crippen molar-refractivity contribution in [3.8, 4) is 11.5 Å². The summed E-state index contributed by atoms with van der Waals surface area (Å²) in [4.78, 5) is 27.0. The Hall–Kier alpha value is -2.44. The number of ether oxygens (including phenoxy) is 1. The van der Waals surface area contributed by atoms with E-state index < -0.39 is 0 Å². The van der Waals surface area contributed by atoms with Crippen LogP contribution in [0.4, 0.5) is 4.79 Å². The number of methoxy groups -OCH3 is 1. The molecule has 0 spiro atoms. The zero-order valence-corrected chi connectivity index (χ0v) is 14.2. The summed E-state index contributed by atoms with van der Waals surface area (Å²) in [6.45, 7) is 2.46. The molecule has 7 heteroatoms. The summed E-state index contributed by atoms with van der Waals surface area (Å²) >= 11 is 0. The molecule has 1 aliphatic rings. The number of benzene rings is 1. The van der Waals surface area contributed by atoms with E-state index in [0.717, 1.165) is 24.9 Å². The first-order valence-electron chi connectivity index (χ1n) is 8.14. The van der Waals surface area contributed by atoms with Crippen molar-refractivity contribution in [1.29, 1.82) is 0 Å². The van der Waals surface area contributed by atoms with E-state index in [9.17, 15) is 14.7 Å². The van der Waals surface area contributed by atoms with Crippen molar-refractivity contribution < 1.29 is 19.4 Å². The van der Waals surface area contributed by atoms with Crippen molar-refractivity contribution in [2.45, 2.75) is 25.8 Å². The Morgan fingerprint density at radius 1 is 1.46 bits per heavy atom. The fourth-order valence-corrected chi connectivity index (χ4v) is 2.71. The highest BCUT2D eigenvalue weighted by Gasteiger charge is 2.19. The lowest BCUT2D eigenvalue weighted by Crippen LogP contribution is -2.38. The number of carbonyl (C=O) groups is 2. The molecule has 1 heterocycles. The number of likely N-dealkylation sites (tertiary alicyclic amines) is 1. The van der Waals surface area contributed by atoms with Crippen molar-refractivity contribution in [3.05, 3.63) is 23.8 Å². The van der Waals surface area contributed by atoms with Gasteiger partial charge >= 0.3 is 6.03 Å². The molecule has 1 aromatic carbocycles. The monoisotopic (exact) mass is 335 g/mol. The van der Waals surface area contributed by atoms with Crippen LogP contribution in [0.25, 0.3) is 0 Å². The van der Waals surface area contributed by atoms with Crippen LogP contribution in [0.15, 0.2) is 18.2 Å². The molecule has 3 amide bonds. The predicted molar refractivity (Wildman–Crippen MR) is 90.0 cm³/mol. The van der Waals surface area contributed by atoms with Gasteiger partial charge in [0.15, 0.2) is 11.5 Å². The number of rotatable bonds is 7. The van der Waals surface area contributed by atoms with E-state index >= 15 is 0 Å². The summed E-state index contributed by atoms with van der Waals surface area (Å²) < 4.78 is 5.06. The molecule has 1 aliphatic heterocycles. The number of urea groups is 1. The molecule has 132 valence electrons. The summed E-state index contributed by atoms with van der Waals surface area (Å²) in [6, 6.07) is 4.83. The molecular formula is C17H25N3O4. The van der Waals surface area contributed by atoms with Crippen LogP contribution in [-0.2, 0) is 11.3 Å². The van der Waals surface area contributed by atoms with Crippen LogP contribution in [0.3, 0.4) is 0 Å². The van der Waals surface area contributed by atoms with E-state index in [1.54, 1.807) is 30.1 Å². The lowest BCUT2D eigenvalue weighted by Gasteiger charge is -2.19. The molecule has 2 N–H and O–H groups in total. The van der Waals surface area contributed by atoms with Gasteiger partial charge in [0, 0.05) is 39.6 Å². The Morgan fingerprint density at radius 3 is 2.92 bits per heavy atom. The Morgan fingerprint density at radius 2 is 2.25 bits per heavy atom. The van der Waals surface area contributed by atoms with E-state index in [2.05, 4.69) is 5.32 Å². The van der Waals surface area contributed by atoms with Crippen LogP contribution in [0.5, 0.6) is 11.5 Å². The van der Waals surface area contributed by atoms with Crippen LogP contribution < -0.4 is 10.1 Å². The van der Waals surface area contributed by atoms with Gasteiger partial charge in [-0.2, -0.15) is 0 Å². The summed E-state index contributed by atoms with van der Waals surface area (Å²) in [6.07, 6.45) is 2.33. The van der Waals surface area contributed by atoms with Gasteiger partial charge in [0.1, 0.15) is 0 Å². The lowest BCUT2D eigenvalue weighted by atomic mass is 10.2. The van der Waals surface area contributed by atoms with Gasteiger partial charge in [0.2, 0.25) is 5.91 Å². The lowest BCUT2D eigenvalue weighted by molar-refractivity contribution is -0.127. The van der Waals surface area contributed by atoms with Crippen molar-refractivity contribution in [2.75, 3.05) is 33.8 Å². The number of nitrogens with one attached hydrogen (secondary N) is 1. The zero-order chi connectivity index (χ0) is 17.5. The van der Waals surface area contributed by atoms with Crippen molar-refractivity contribution in [2.24, 2.45) is 0 Å². The summed E-state index contributed by atoms with van der Waals surface area (Å²) in [5.41, 5.74) is 0.866. The highest BCUT2D eigenvalue weighted by atomic mass is 16.5. The SMILES string of the molecule is COc1cc(CN(C)C(=O)NCCCN2CCCC2=O)ccc1O. The zero-order valence-electron chi connectivity index (χ0n) is 14.2. The molecule has 0 saturated carbocycles. The molecule has 1 fully saturated rings. The molecule has 0 atom stereocenters. The number of hydrogen-bond donors (Lipinski definition) is 2.